The lowest BCUT2D eigenvalue weighted by Gasteiger charge is -2.39. The first-order valence-corrected chi connectivity index (χ1v) is 4.27. The third-order valence-electron chi connectivity index (χ3n) is 2.51. The van der Waals surface area contributed by atoms with E-state index in [1.54, 1.807) is 0 Å². The number of aryl methyl sites for hydroxylation is 1. The van der Waals surface area contributed by atoms with Crippen molar-refractivity contribution in [2.45, 2.75) is 12.5 Å². The molecule has 0 saturated carbocycles. The first kappa shape index (κ1) is 10.5. The van der Waals surface area contributed by atoms with Crippen LogP contribution in [0.5, 0.6) is 0 Å². The summed E-state index contributed by atoms with van der Waals surface area (Å²) in [6.07, 6.45) is 0. The number of benzene rings is 1. The summed E-state index contributed by atoms with van der Waals surface area (Å²) in [6.45, 7) is 3.89. The van der Waals surface area contributed by atoms with E-state index in [4.69, 9.17) is 5.73 Å². The van der Waals surface area contributed by atoms with Crippen LogP contribution in [0.15, 0.2) is 24.3 Å². The van der Waals surface area contributed by atoms with Crippen molar-refractivity contribution in [2.75, 3.05) is 13.1 Å². The van der Waals surface area contributed by atoms with Gasteiger partial charge in [-0.15, -0.1) is 12.4 Å². The van der Waals surface area contributed by atoms with E-state index in [-0.39, 0.29) is 17.9 Å². The van der Waals surface area contributed by atoms with Gasteiger partial charge in [-0.05, 0) is 12.5 Å². The Balaban J connectivity index is 0.000000845. The van der Waals surface area contributed by atoms with E-state index in [0.29, 0.717) is 0 Å². The molecule has 0 bridgehead atoms. The third kappa shape index (κ3) is 1.85. The van der Waals surface area contributed by atoms with E-state index in [1.165, 1.54) is 11.1 Å². The molecule has 0 atom stereocenters. The van der Waals surface area contributed by atoms with E-state index in [9.17, 15) is 0 Å². The highest BCUT2D eigenvalue weighted by Gasteiger charge is 2.33. The maximum absolute atomic E-state index is 6.11. The summed E-state index contributed by atoms with van der Waals surface area (Å²) in [7, 11) is 0. The molecule has 1 aromatic rings. The monoisotopic (exact) mass is 198 g/mol. The van der Waals surface area contributed by atoms with Crippen LogP contribution < -0.4 is 11.1 Å². The second kappa shape index (κ2) is 3.66. The van der Waals surface area contributed by atoms with Crippen LogP contribution in [0.1, 0.15) is 11.1 Å². The van der Waals surface area contributed by atoms with Crippen molar-refractivity contribution in [2.24, 2.45) is 5.73 Å². The fourth-order valence-corrected chi connectivity index (χ4v) is 1.48. The maximum atomic E-state index is 6.11. The summed E-state index contributed by atoms with van der Waals surface area (Å²) in [5, 5.41) is 3.19. The predicted molar refractivity (Wildman–Crippen MR) is 57.2 cm³/mol. The fourth-order valence-electron chi connectivity index (χ4n) is 1.48. The first-order chi connectivity index (χ1) is 5.71. The van der Waals surface area contributed by atoms with Gasteiger partial charge in [-0.2, -0.15) is 0 Å². The summed E-state index contributed by atoms with van der Waals surface area (Å²) in [4.78, 5) is 0. The van der Waals surface area contributed by atoms with Crippen LogP contribution in [0.25, 0.3) is 0 Å². The second-order valence-electron chi connectivity index (χ2n) is 3.63. The van der Waals surface area contributed by atoms with Crippen LogP contribution >= 0.6 is 12.4 Å². The largest absolute Gasteiger partial charge is 0.319 e. The van der Waals surface area contributed by atoms with Gasteiger partial charge in [0.2, 0.25) is 0 Å². The molecule has 2 nitrogen and oxygen atoms in total. The average Bonchev–Trinajstić information content (AvgIpc) is 2.02. The molecule has 72 valence electrons. The predicted octanol–water partition coefficient (Wildman–Crippen LogP) is 1.17. The third-order valence-corrected chi connectivity index (χ3v) is 2.51. The Morgan fingerprint density at radius 2 is 1.77 bits per heavy atom. The lowest BCUT2D eigenvalue weighted by atomic mass is 9.85. The minimum absolute atomic E-state index is 0. The summed E-state index contributed by atoms with van der Waals surface area (Å²) in [5.41, 5.74) is 8.54. The molecular formula is C10H15ClN2. The summed E-state index contributed by atoms with van der Waals surface area (Å²) in [5.74, 6) is 0. The summed E-state index contributed by atoms with van der Waals surface area (Å²) >= 11 is 0. The first-order valence-electron chi connectivity index (χ1n) is 4.27. The highest BCUT2D eigenvalue weighted by Crippen LogP contribution is 2.22. The molecule has 1 fully saturated rings. The van der Waals surface area contributed by atoms with Gasteiger partial charge >= 0.3 is 0 Å². The molecule has 0 aromatic heterocycles. The van der Waals surface area contributed by atoms with Crippen molar-refractivity contribution in [1.82, 2.24) is 5.32 Å². The number of hydrogen-bond donors (Lipinski definition) is 2. The molecule has 1 saturated heterocycles. The van der Waals surface area contributed by atoms with Gasteiger partial charge in [0.25, 0.3) is 0 Å². The van der Waals surface area contributed by atoms with Crippen LogP contribution in [0.4, 0.5) is 0 Å². The normalized spacial score (nSPS) is 18.6. The van der Waals surface area contributed by atoms with Gasteiger partial charge in [0.05, 0.1) is 5.54 Å². The van der Waals surface area contributed by atoms with Crippen LogP contribution in [0.2, 0.25) is 0 Å². The molecule has 0 spiro atoms. The molecule has 3 heteroatoms. The van der Waals surface area contributed by atoms with E-state index >= 15 is 0 Å². The number of hydrogen-bond acceptors (Lipinski definition) is 2. The molecule has 0 amide bonds. The molecule has 3 N–H and O–H groups in total. The molecule has 1 aliphatic rings. The van der Waals surface area contributed by atoms with Gasteiger partial charge in [-0.1, -0.05) is 29.8 Å². The van der Waals surface area contributed by atoms with Gasteiger partial charge in [-0.25, -0.2) is 0 Å². The Labute approximate surface area is 84.9 Å². The standard InChI is InChI=1S/C10H14N2.ClH/c1-8-2-4-9(5-3-8)10(11)6-12-7-10;/h2-5,12H,6-7,11H2,1H3;1H. The Morgan fingerprint density at radius 1 is 1.23 bits per heavy atom. The minimum atomic E-state index is -0.103. The topological polar surface area (TPSA) is 38.0 Å². The molecule has 2 rings (SSSR count). The Kier molecular flexibility index (Phi) is 2.96. The van der Waals surface area contributed by atoms with Gasteiger partial charge in [-0.3, -0.25) is 0 Å². The van der Waals surface area contributed by atoms with Crippen molar-refractivity contribution in [3.05, 3.63) is 35.4 Å². The number of halogens is 1. The highest BCUT2D eigenvalue weighted by molar-refractivity contribution is 5.85. The van der Waals surface area contributed by atoms with Crippen LogP contribution in [-0.2, 0) is 5.54 Å². The average molecular weight is 199 g/mol. The van der Waals surface area contributed by atoms with Crippen molar-refractivity contribution >= 4 is 12.4 Å². The fraction of sp³-hybridized carbons (Fsp3) is 0.400. The van der Waals surface area contributed by atoms with Gasteiger partial charge in [0, 0.05) is 13.1 Å². The molecule has 13 heavy (non-hydrogen) atoms. The van der Waals surface area contributed by atoms with Crippen LogP contribution in [-0.4, -0.2) is 13.1 Å². The van der Waals surface area contributed by atoms with Gasteiger partial charge in [0.15, 0.2) is 0 Å². The van der Waals surface area contributed by atoms with Crippen molar-refractivity contribution < 1.29 is 0 Å². The Bertz CT molecular complexity index is 277. The summed E-state index contributed by atoms with van der Waals surface area (Å²) < 4.78 is 0. The molecular weight excluding hydrogens is 184 g/mol. The van der Waals surface area contributed by atoms with Crippen molar-refractivity contribution in [3.63, 3.8) is 0 Å². The Morgan fingerprint density at radius 3 is 2.15 bits per heavy atom. The molecule has 1 aromatic carbocycles. The van der Waals surface area contributed by atoms with Gasteiger partial charge < -0.3 is 11.1 Å². The number of rotatable bonds is 1. The second-order valence-corrected chi connectivity index (χ2v) is 3.63. The van der Waals surface area contributed by atoms with Crippen molar-refractivity contribution in [3.8, 4) is 0 Å². The van der Waals surface area contributed by atoms with Gasteiger partial charge in [0.1, 0.15) is 0 Å². The Hall–Kier alpha value is -0.570. The minimum Gasteiger partial charge on any atom is -0.319 e. The number of nitrogens with one attached hydrogen (secondary N) is 1. The molecule has 1 heterocycles. The van der Waals surface area contributed by atoms with Crippen molar-refractivity contribution in [1.29, 1.82) is 0 Å². The maximum Gasteiger partial charge on any atom is 0.0662 e. The van der Waals surface area contributed by atoms with E-state index in [1.807, 2.05) is 0 Å². The highest BCUT2D eigenvalue weighted by atomic mass is 35.5. The SMILES string of the molecule is Cc1ccc(C2(N)CNC2)cc1.Cl. The zero-order valence-electron chi connectivity index (χ0n) is 7.71. The van der Waals surface area contributed by atoms with E-state index in [2.05, 4.69) is 36.5 Å². The van der Waals surface area contributed by atoms with E-state index < -0.39 is 0 Å². The summed E-state index contributed by atoms with van der Waals surface area (Å²) in [6, 6.07) is 8.47. The quantitative estimate of drug-likeness (QED) is 0.711. The molecule has 0 radical (unpaired) electrons. The van der Waals surface area contributed by atoms with Crippen LogP contribution in [0.3, 0.4) is 0 Å². The molecule has 1 aliphatic heterocycles. The zero-order chi connectivity index (χ0) is 8.60. The number of nitrogens with two attached hydrogens (primary N) is 1. The van der Waals surface area contributed by atoms with E-state index in [0.717, 1.165) is 13.1 Å². The van der Waals surface area contributed by atoms with Crippen LogP contribution in [0, 0.1) is 6.92 Å². The molecule has 0 unspecified atom stereocenters. The zero-order valence-corrected chi connectivity index (χ0v) is 8.53. The smallest absolute Gasteiger partial charge is 0.0662 e. The molecule has 0 aliphatic carbocycles. The lowest BCUT2D eigenvalue weighted by molar-refractivity contribution is 0.287. The lowest BCUT2D eigenvalue weighted by Crippen LogP contribution is -2.62.